The highest BCUT2D eigenvalue weighted by atomic mass is 16.5. The Morgan fingerprint density at radius 3 is 2.84 bits per heavy atom. The summed E-state index contributed by atoms with van der Waals surface area (Å²) in [4.78, 5) is 20.3. The molecule has 0 aliphatic heterocycles. The van der Waals surface area contributed by atoms with Gasteiger partial charge in [-0.3, -0.25) is 4.68 Å². The van der Waals surface area contributed by atoms with Crippen molar-refractivity contribution >= 4 is 6.03 Å². The molecule has 0 bridgehead atoms. The fraction of sp³-hybridized carbons (Fsp3) is 0.312. The summed E-state index contributed by atoms with van der Waals surface area (Å²) in [6.45, 7) is 2.06. The molecule has 0 aliphatic rings. The quantitative estimate of drug-likeness (QED) is 0.700. The molecule has 130 valence electrons. The Labute approximate surface area is 144 Å². The number of rotatable bonds is 6. The van der Waals surface area contributed by atoms with Crippen molar-refractivity contribution in [2.45, 2.75) is 25.9 Å². The van der Waals surface area contributed by atoms with Gasteiger partial charge in [0.2, 0.25) is 5.89 Å². The van der Waals surface area contributed by atoms with Crippen LogP contribution in [0.25, 0.3) is 0 Å². The molecule has 9 nitrogen and oxygen atoms in total. The van der Waals surface area contributed by atoms with Crippen molar-refractivity contribution in [3.63, 3.8) is 0 Å². The lowest BCUT2D eigenvalue weighted by Crippen LogP contribution is -2.37. The maximum Gasteiger partial charge on any atom is 0.315 e. The average molecular weight is 341 g/mol. The summed E-state index contributed by atoms with van der Waals surface area (Å²) in [6, 6.07) is 9.12. The third-order valence-corrected chi connectivity index (χ3v) is 3.62. The van der Waals surface area contributed by atoms with Gasteiger partial charge in [0.1, 0.15) is 18.2 Å². The van der Waals surface area contributed by atoms with Gasteiger partial charge in [-0.05, 0) is 12.5 Å². The van der Waals surface area contributed by atoms with Gasteiger partial charge in [-0.25, -0.2) is 9.78 Å². The second kappa shape index (κ2) is 7.56. The SMILES string of the molecule is C[C@@H](NC(=O)NCc1ncnn1C)c1nc(Cc2ccccc2)no1. The molecule has 0 aliphatic carbocycles. The second-order valence-corrected chi connectivity index (χ2v) is 5.56. The number of amides is 2. The van der Waals surface area contributed by atoms with Crippen LogP contribution in [-0.4, -0.2) is 30.9 Å². The predicted molar refractivity (Wildman–Crippen MR) is 88.3 cm³/mol. The van der Waals surface area contributed by atoms with Gasteiger partial charge >= 0.3 is 6.03 Å². The number of nitrogens with zero attached hydrogens (tertiary/aromatic N) is 5. The van der Waals surface area contributed by atoms with E-state index in [0.29, 0.717) is 24.0 Å². The Morgan fingerprint density at radius 1 is 1.32 bits per heavy atom. The van der Waals surface area contributed by atoms with Crippen molar-refractivity contribution in [1.29, 1.82) is 0 Å². The summed E-state index contributed by atoms with van der Waals surface area (Å²) in [7, 11) is 1.76. The molecule has 2 N–H and O–H groups in total. The first-order valence-corrected chi connectivity index (χ1v) is 7.85. The Kier molecular flexibility index (Phi) is 5.03. The largest absolute Gasteiger partial charge is 0.337 e. The topological polar surface area (TPSA) is 111 Å². The van der Waals surface area contributed by atoms with Gasteiger partial charge in [-0.1, -0.05) is 35.5 Å². The Morgan fingerprint density at radius 2 is 2.12 bits per heavy atom. The maximum absolute atomic E-state index is 12.0. The van der Waals surface area contributed by atoms with E-state index in [2.05, 4.69) is 30.9 Å². The Balaban J connectivity index is 1.52. The first-order chi connectivity index (χ1) is 12.1. The van der Waals surface area contributed by atoms with E-state index in [9.17, 15) is 4.79 Å². The second-order valence-electron chi connectivity index (χ2n) is 5.56. The van der Waals surface area contributed by atoms with Gasteiger partial charge < -0.3 is 15.2 Å². The third-order valence-electron chi connectivity index (χ3n) is 3.62. The molecular formula is C16H19N7O2. The van der Waals surface area contributed by atoms with Gasteiger partial charge in [0, 0.05) is 13.5 Å². The molecular weight excluding hydrogens is 322 g/mol. The lowest BCUT2D eigenvalue weighted by Gasteiger charge is -2.10. The number of urea groups is 1. The first-order valence-electron chi connectivity index (χ1n) is 7.85. The number of nitrogens with one attached hydrogen (secondary N) is 2. The molecule has 25 heavy (non-hydrogen) atoms. The molecule has 0 unspecified atom stereocenters. The van der Waals surface area contributed by atoms with Crippen LogP contribution in [0.3, 0.4) is 0 Å². The molecule has 2 amide bonds. The zero-order valence-corrected chi connectivity index (χ0v) is 14.0. The number of carbonyl (C=O) groups excluding carboxylic acids is 1. The minimum absolute atomic E-state index is 0.276. The lowest BCUT2D eigenvalue weighted by molar-refractivity contribution is 0.233. The number of carbonyl (C=O) groups is 1. The van der Waals surface area contributed by atoms with Crippen molar-refractivity contribution in [2.24, 2.45) is 7.05 Å². The standard InChI is InChI=1S/C16H19N7O2/c1-11(20-16(24)17-9-14-18-10-19-23(14)2)15-21-13(22-25-15)8-12-6-4-3-5-7-12/h3-7,10-11H,8-9H2,1-2H3,(H2,17,20,24)/t11-/m1/s1. The summed E-state index contributed by atoms with van der Waals surface area (Å²) in [6.07, 6.45) is 2.01. The van der Waals surface area contributed by atoms with Crippen LogP contribution >= 0.6 is 0 Å². The van der Waals surface area contributed by atoms with E-state index in [4.69, 9.17) is 4.52 Å². The van der Waals surface area contributed by atoms with Gasteiger partial charge in [0.15, 0.2) is 5.82 Å². The predicted octanol–water partition coefficient (Wildman–Crippen LogP) is 1.35. The highest BCUT2D eigenvalue weighted by Gasteiger charge is 2.17. The molecule has 0 radical (unpaired) electrons. The zero-order chi connectivity index (χ0) is 17.6. The number of hydrogen-bond acceptors (Lipinski definition) is 6. The summed E-state index contributed by atoms with van der Waals surface area (Å²) in [5.74, 6) is 1.60. The van der Waals surface area contributed by atoms with Crippen LogP contribution in [0.15, 0.2) is 41.2 Å². The van der Waals surface area contributed by atoms with Crippen LogP contribution in [0.4, 0.5) is 4.79 Å². The van der Waals surface area contributed by atoms with Gasteiger partial charge in [0.05, 0.1) is 6.54 Å². The zero-order valence-electron chi connectivity index (χ0n) is 14.0. The highest BCUT2D eigenvalue weighted by Crippen LogP contribution is 2.12. The van der Waals surface area contributed by atoms with Crippen LogP contribution < -0.4 is 10.6 Å². The van der Waals surface area contributed by atoms with Crippen LogP contribution in [0.5, 0.6) is 0 Å². The van der Waals surface area contributed by atoms with E-state index in [1.165, 1.54) is 6.33 Å². The van der Waals surface area contributed by atoms with Crippen molar-refractivity contribution in [1.82, 2.24) is 35.5 Å². The lowest BCUT2D eigenvalue weighted by atomic mass is 10.1. The monoisotopic (exact) mass is 341 g/mol. The minimum Gasteiger partial charge on any atom is -0.337 e. The van der Waals surface area contributed by atoms with E-state index < -0.39 is 6.04 Å². The normalized spacial score (nSPS) is 11.9. The summed E-state index contributed by atoms with van der Waals surface area (Å²) in [5.41, 5.74) is 1.09. The van der Waals surface area contributed by atoms with Gasteiger partial charge in [-0.15, -0.1) is 0 Å². The van der Waals surface area contributed by atoms with Crippen LogP contribution in [0.1, 0.15) is 36.1 Å². The van der Waals surface area contributed by atoms with Crippen molar-refractivity contribution in [3.05, 3.63) is 59.8 Å². The molecule has 2 aromatic heterocycles. The van der Waals surface area contributed by atoms with E-state index >= 15 is 0 Å². The molecule has 0 saturated carbocycles. The smallest absolute Gasteiger partial charge is 0.315 e. The molecule has 1 aromatic carbocycles. The van der Waals surface area contributed by atoms with Crippen LogP contribution in [0.2, 0.25) is 0 Å². The number of hydrogen-bond donors (Lipinski definition) is 2. The van der Waals surface area contributed by atoms with E-state index in [1.54, 1.807) is 18.7 Å². The number of aromatic nitrogens is 5. The fourth-order valence-corrected chi connectivity index (χ4v) is 2.24. The minimum atomic E-state index is -0.406. The molecule has 0 fully saturated rings. The van der Waals surface area contributed by atoms with Crippen LogP contribution in [0, 0.1) is 0 Å². The maximum atomic E-state index is 12.0. The molecule has 3 aromatic rings. The molecule has 0 spiro atoms. The number of aryl methyl sites for hydroxylation is 1. The third kappa shape index (κ3) is 4.40. The highest BCUT2D eigenvalue weighted by molar-refractivity contribution is 5.74. The first kappa shape index (κ1) is 16.6. The fourth-order valence-electron chi connectivity index (χ4n) is 2.24. The summed E-state index contributed by atoms with van der Waals surface area (Å²) < 4.78 is 6.83. The summed E-state index contributed by atoms with van der Waals surface area (Å²) in [5, 5.41) is 13.4. The van der Waals surface area contributed by atoms with Gasteiger partial charge in [0.25, 0.3) is 0 Å². The molecule has 1 atom stereocenters. The average Bonchev–Trinajstić information content (AvgIpc) is 3.23. The summed E-state index contributed by atoms with van der Waals surface area (Å²) >= 11 is 0. The van der Waals surface area contributed by atoms with E-state index in [-0.39, 0.29) is 12.6 Å². The molecule has 2 heterocycles. The van der Waals surface area contributed by atoms with E-state index in [1.807, 2.05) is 30.3 Å². The van der Waals surface area contributed by atoms with Gasteiger partial charge in [-0.2, -0.15) is 10.1 Å². The van der Waals surface area contributed by atoms with Crippen molar-refractivity contribution in [3.8, 4) is 0 Å². The van der Waals surface area contributed by atoms with Crippen molar-refractivity contribution in [2.75, 3.05) is 0 Å². The van der Waals surface area contributed by atoms with Crippen molar-refractivity contribution < 1.29 is 9.32 Å². The Bertz CT molecular complexity index is 828. The number of benzene rings is 1. The molecule has 9 heteroatoms. The Hall–Kier alpha value is -3.23. The molecule has 0 saturated heterocycles. The van der Waals surface area contributed by atoms with Crippen LogP contribution in [-0.2, 0) is 20.0 Å². The van der Waals surface area contributed by atoms with E-state index in [0.717, 1.165) is 5.56 Å². The molecule has 3 rings (SSSR count).